The predicted molar refractivity (Wildman–Crippen MR) is 85.1 cm³/mol. The van der Waals surface area contributed by atoms with Gasteiger partial charge in [-0.05, 0) is 25.8 Å². The summed E-state index contributed by atoms with van der Waals surface area (Å²) in [5.41, 5.74) is 1.88. The first-order chi connectivity index (χ1) is 11.6. The molecule has 8 heteroatoms. The highest BCUT2D eigenvalue weighted by molar-refractivity contribution is 6.04. The number of hydrogen-bond acceptors (Lipinski definition) is 4. The number of aryl methyl sites for hydroxylation is 2. The Labute approximate surface area is 137 Å². The summed E-state index contributed by atoms with van der Waals surface area (Å²) in [4.78, 5) is 17.0. The van der Waals surface area contributed by atoms with Crippen LogP contribution in [0.2, 0.25) is 0 Å². The number of hydrogen-bond donors (Lipinski definition) is 2. The van der Waals surface area contributed by atoms with Crippen LogP contribution in [0.1, 0.15) is 40.6 Å². The summed E-state index contributed by atoms with van der Waals surface area (Å²) in [5.74, 6) is 0.307. The minimum Gasteiger partial charge on any atom is -0.351 e. The lowest BCUT2D eigenvalue weighted by atomic mass is 9.99. The molecule has 7 nitrogen and oxygen atoms in total. The van der Waals surface area contributed by atoms with E-state index in [1.165, 1.54) is 12.1 Å². The Morgan fingerprint density at radius 3 is 3.21 bits per heavy atom. The topological polar surface area (TPSA) is 88.5 Å². The average molecular weight is 328 g/mol. The zero-order chi connectivity index (χ0) is 16.7. The van der Waals surface area contributed by atoms with Crippen molar-refractivity contribution >= 4 is 16.9 Å². The van der Waals surface area contributed by atoms with Crippen LogP contribution < -0.4 is 5.32 Å². The molecule has 0 bridgehead atoms. The summed E-state index contributed by atoms with van der Waals surface area (Å²) < 4.78 is 15.8. The van der Waals surface area contributed by atoms with Gasteiger partial charge in [-0.15, -0.1) is 0 Å². The smallest absolute Gasteiger partial charge is 0.253 e. The molecule has 2 aromatic heterocycles. The van der Waals surface area contributed by atoms with Crippen molar-refractivity contribution < 1.29 is 9.18 Å². The zero-order valence-electron chi connectivity index (χ0n) is 13.2. The van der Waals surface area contributed by atoms with Gasteiger partial charge in [0.05, 0.1) is 11.3 Å². The normalized spacial score (nSPS) is 17.0. The quantitative estimate of drug-likeness (QED) is 0.769. The fourth-order valence-electron chi connectivity index (χ4n) is 3.30. The number of carbonyl (C=O) groups is 1. The summed E-state index contributed by atoms with van der Waals surface area (Å²) >= 11 is 0. The molecule has 1 aromatic carbocycles. The van der Waals surface area contributed by atoms with Crippen molar-refractivity contribution in [3.8, 4) is 0 Å². The first-order valence-corrected chi connectivity index (χ1v) is 7.93. The average Bonchev–Trinajstić information content (AvgIpc) is 3.16. The highest BCUT2D eigenvalue weighted by Gasteiger charge is 2.24. The van der Waals surface area contributed by atoms with Crippen LogP contribution in [0.4, 0.5) is 4.39 Å². The Morgan fingerprint density at radius 2 is 2.33 bits per heavy atom. The molecule has 0 fully saturated rings. The van der Waals surface area contributed by atoms with E-state index in [-0.39, 0.29) is 17.4 Å². The van der Waals surface area contributed by atoms with Crippen LogP contribution in [0.5, 0.6) is 0 Å². The minimum absolute atomic E-state index is 0.165. The Bertz CT molecular complexity index is 915. The van der Waals surface area contributed by atoms with Crippen molar-refractivity contribution in [1.29, 1.82) is 0 Å². The molecule has 3 aromatic rings. The van der Waals surface area contributed by atoms with E-state index >= 15 is 0 Å². The number of aromatic nitrogens is 5. The first kappa shape index (κ1) is 14.8. The molecule has 1 aliphatic heterocycles. The van der Waals surface area contributed by atoms with Crippen molar-refractivity contribution in [2.45, 2.75) is 32.2 Å². The highest BCUT2D eigenvalue weighted by Crippen LogP contribution is 2.26. The van der Waals surface area contributed by atoms with Crippen LogP contribution in [-0.2, 0) is 6.54 Å². The molecule has 1 amide bonds. The number of amides is 1. The Hall–Kier alpha value is -2.77. The summed E-state index contributed by atoms with van der Waals surface area (Å²) in [6.45, 7) is 3.39. The molecule has 0 aliphatic carbocycles. The van der Waals surface area contributed by atoms with Crippen molar-refractivity contribution in [1.82, 2.24) is 30.3 Å². The summed E-state index contributed by atoms with van der Waals surface area (Å²) in [5, 5.41) is 13.1. The van der Waals surface area contributed by atoms with Crippen LogP contribution in [-0.4, -0.2) is 37.4 Å². The van der Waals surface area contributed by atoms with Gasteiger partial charge in [-0.3, -0.25) is 4.79 Å². The van der Waals surface area contributed by atoms with Crippen LogP contribution in [0.15, 0.2) is 18.3 Å². The van der Waals surface area contributed by atoms with Crippen molar-refractivity contribution in [2.24, 2.45) is 0 Å². The van der Waals surface area contributed by atoms with E-state index in [4.69, 9.17) is 0 Å². The standard InChI is InChI=1S/C16H17FN6O/c1-9-8-23-4-2-3-10(15(23)19-9)7-18-16(24)12-5-11(17)6-13-14(12)21-22-20-13/h5-6,8,10H,2-4,7H2,1H3,(H,18,24)(H,20,21,22). The van der Waals surface area contributed by atoms with E-state index < -0.39 is 5.82 Å². The molecule has 1 unspecified atom stereocenters. The number of halogens is 1. The van der Waals surface area contributed by atoms with E-state index in [1.807, 2.05) is 13.1 Å². The number of carbonyl (C=O) groups excluding carboxylic acids is 1. The van der Waals surface area contributed by atoms with Gasteiger partial charge in [0.15, 0.2) is 0 Å². The first-order valence-electron chi connectivity index (χ1n) is 7.93. The number of rotatable bonds is 3. The van der Waals surface area contributed by atoms with Gasteiger partial charge in [-0.1, -0.05) is 0 Å². The maximum absolute atomic E-state index is 13.7. The van der Waals surface area contributed by atoms with E-state index in [0.717, 1.165) is 30.9 Å². The molecule has 0 spiro atoms. The molecule has 124 valence electrons. The van der Waals surface area contributed by atoms with E-state index in [2.05, 4.69) is 30.3 Å². The molecule has 4 rings (SSSR count). The molecule has 3 heterocycles. The second-order valence-corrected chi connectivity index (χ2v) is 6.13. The zero-order valence-corrected chi connectivity index (χ0v) is 13.2. The lowest BCUT2D eigenvalue weighted by molar-refractivity contribution is 0.0950. The fraction of sp³-hybridized carbons (Fsp3) is 0.375. The molecule has 0 saturated carbocycles. The number of fused-ring (bicyclic) bond motifs is 2. The number of imidazole rings is 1. The SMILES string of the molecule is Cc1cn2c(n1)C(CNC(=O)c1cc(F)cc3n[nH]nc13)CCC2. The van der Waals surface area contributed by atoms with Crippen molar-refractivity contribution in [3.63, 3.8) is 0 Å². The fourth-order valence-corrected chi connectivity index (χ4v) is 3.30. The summed E-state index contributed by atoms with van der Waals surface area (Å²) in [6, 6.07) is 2.43. The van der Waals surface area contributed by atoms with Crippen molar-refractivity contribution in [3.05, 3.63) is 41.2 Å². The molecule has 2 N–H and O–H groups in total. The summed E-state index contributed by atoms with van der Waals surface area (Å²) in [6.07, 6.45) is 4.06. The van der Waals surface area contributed by atoms with Crippen LogP contribution >= 0.6 is 0 Å². The van der Waals surface area contributed by atoms with Crippen molar-refractivity contribution in [2.75, 3.05) is 6.54 Å². The molecule has 24 heavy (non-hydrogen) atoms. The minimum atomic E-state index is -0.509. The summed E-state index contributed by atoms with van der Waals surface area (Å²) in [7, 11) is 0. The molecule has 1 atom stereocenters. The molecular weight excluding hydrogens is 311 g/mol. The number of H-pyrrole nitrogens is 1. The number of benzene rings is 1. The van der Waals surface area contributed by atoms with Crippen LogP contribution in [0.3, 0.4) is 0 Å². The van der Waals surface area contributed by atoms with Gasteiger partial charge in [0, 0.05) is 31.3 Å². The molecule has 0 radical (unpaired) electrons. The Balaban J connectivity index is 1.54. The lowest BCUT2D eigenvalue weighted by Gasteiger charge is -2.23. The van der Waals surface area contributed by atoms with Gasteiger partial charge in [-0.25, -0.2) is 9.37 Å². The van der Waals surface area contributed by atoms with Gasteiger partial charge in [0.2, 0.25) is 0 Å². The van der Waals surface area contributed by atoms with E-state index in [1.54, 1.807) is 0 Å². The van der Waals surface area contributed by atoms with Gasteiger partial charge in [0.1, 0.15) is 22.7 Å². The number of nitrogens with one attached hydrogen (secondary N) is 2. The van der Waals surface area contributed by atoms with E-state index in [0.29, 0.717) is 17.6 Å². The second kappa shape index (κ2) is 5.70. The van der Waals surface area contributed by atoms with Gasteiger partial charge in [0.25, 0.3) is 5.91 Å². The molecule has 0 saturated heterocycles. The third kappa shape index (κ3) is 2.53. The van der Waals surface area contributed by atoms with E-state index in [9.17, 15) is 9.18 Å². The number of nitrogens with zero attached hydrogens (tertiary/aromatic N) is 4. The molecular formula is C16H17FN6O. The van der Waals surface area contributed by atoms with Gasteiger partial charge < -0.3 is 9.88 Å². The Kier molecular flexibility index (Phi) is 3.51. The maximum Gasteiger partial charge on any atom is 0.253 e. The predicted octanol–water partition coefficient (Wildman–Crippen LogP) is 1.91. The number of aromatic amines is 1. The van der Waals surface area contributed by atoms with Gasteiger partial charge in [-0.2, -0.15) is 15.4 Å². The van der Waals surface area contributed by atoms with Gasteiger partial charge >= 0.3 is 0 Å². The second-order valence-electron chi connectivity index (χ2n) is 6.13. The third-order valence-electron chi connectivity index (χ3n) is 4.39. The van der Waals surface area contributed by atoms with Crippen LogP contribution in [0.25, 0.3) is 11.0 Å². The largest absolute Gasteiger partial charge is 0.351 e. The Morgan fingerprint density at radius 1 is 1.46 bits per heavy atom. The monoisotopic (exact) mass is 328 g/mol. The third-order valence-corrected chi connectivity index (χ3v) is 4.39. The van der Waals surface area contributed by atoms with Crippen LogP contribution in [0, 0.1) is 12.7 Å². The lowest BCUT2D eigenvalue weighted by Crippen LogP contribution is -2.31. The molecule has 1 aliphatic rings. The maximum atomic E-state index is 13.7. The highest BCUT2D eigenvalue weighted by atomic mass is 19.1.